The first-order valence-electron chi connectivity index (χ1n) is 5.82. The minimum Gasteiger partial charge on any atom is -0.467 e. The highest BCUT2D eigenvalue weighted by atomic mass is 16.5. The van der Waals surface area contributed by atoms with Crippen molar-refractivity contribution in [2.24, 2.45) is 5.92 Å². The Kier molecular flexibility index (Phi) is 3.61. The molecule has 0 amide bonds. The quantitative estimate of drug-likeness (QED) is 0.809. The van der Waals surface area contributed by atoms with Crippen molar-refractivity contribution in [2.45, 2.75) is 32.2 Å². The summed E-state index contributed by atoms with van der Waals surface area (Å²) in [5.41, 5.74) is 0. The van der Waals surface area contributed by atoms with Gasteiger partial charge >= 0.3 is 12.0 Å². The Hall–Kier alpha value is -1.59. The van der Waals surface area contributed by atoms with Gasteiger partial charge in [-0.05, 0) is 19.3 Å². The third kappa shape index (κ3) is 3.44. The van der Waals surface area contributed by atoms with E-state index in [9.17, 15) is 0 Å². The number of hydrogen-bond acceptors (Lipinski definition) is 6. The van der Waals surface area contributed by atoms with Gasteiger partial charge in [0.05, 0.1) is 14.2 Å². The van der Waals surface area contributed by atoms with Crippen LogP contribution >= 0.6 is 0 Å². The average molecular weight is 238 g/mol. The molecule has 1 N–H and O–H groups in total. The van der Waals surface area contributed by atoms with Crippen molar-refractivity contribution in [3.63, 3.8) is 0 Å². The maximum absolute atomic E-state index is 4.99. The van der Waals surface area contributed by atoms with Crippen molar-refractivity contribution in [1.82, 2.24) is 15.0 Å². The Balaban J connectivity index is 2.02. The van der Waals surface area contributed by atoms with Crippen LogP contribution in [0.3, 0.4) is 0 Å². The van der Waals surface area contributed by atoms with E-state index in [1.54, 1.807) is 0 Å². The first-order chi connectivity index (χ1) is 8.21. The molecule has 6 heteroatoms. The van der Waals surface area contributed by atoms with Gasteiger partial charge in [0.15, 0.2) is 0 Å². The van der Waals surface area contributed by atoms with Crippen LogP contribution in [0.25, 0.3) is 0 Å². The summed E-state index contributed by atoms with van der Waals surface area (Å²) in [7, 11) is 3.04. The fourth-order valence-corrected chi connectivity index (χ4v) is 1.72. The maximum Gasteiger partial charge on any atom is 0.324 e. The highest BCUT2D eigenvalue weighted by Gasteiger charge is 2.24. The molecule has 0 saturated heterocycles. The Morgan fingerprint density at radius 3 is 2.24 bits per heavy atom. The molecule has 94 valence electrons. The third-order valence-electron chi connectivity index (χ3n) is 2.72. The molecule has 1 aromatic rings. The molecule has 17 heavy (non-hydrogen) atoms. The molecule has 1 saturated carbocycles. The molecular weight excluding hydrogens is 220 g/mol. The van der Waals surface area contributed by atoms with Gasteiger partial charge in [0.25, 0.3) is 0 Å². The van der Waals surface area contributed by atoms with Crippen molar-refractivity contribution < 1.29 is 9.47 Å². The second kappa shape index (κ2) is 5.16. The minimum atomic E-state index is 0.262. The van der Waals surface area contributed by atoms with Crippen LogP contribution in [-0.2, 0) is 0 Å². The zero-order valence-corrected chi connectivity index (χ0v) is 10.4. The van der Waals surface area contributed by atoms with Gasteiger partial charge in [0, 0.05) is 6.04 Å². The third-order valence-corrected chi connectivity index (χ3v) is 2.72. The standard InChI is InChI=1S/C11H18N4O2/c1-7(6-8-4-5-8)12-9-13-10(16-2)15-11(14-9)17-3/h7-8H,4-6H2,1-3H3,(H,12,13,14,15). The smallest absolute Gasteiger partial charge is 0.324 e. The SMILES string of the molecule is COc1nc(NC(C)CC2CC2)nc(OC)n1. The molecule has 1 aromatic heterocycles. The molecule has 0 aliphatic heterocycles. The van der Waals surface area contributed by atoms with Gasteiger partial charge in [0.2, 0.25) is 5.95 Å². The first-order valence-corrected chi connectivity index (χ1v) is 5.82. The van der Waals surface area contributed by atoms with Gasteiger partial charge in [0.1, 0.15) is 0 Å². The predicted octanol–water partition coefficient (Wildman–Crippen LogP) is 1.49. The Morgan fingerprint density at radius 1 is 1.18 bits per heavy atom. The summed E-state index contributed by atoms with van der Waals surface area (Å²) in [6, 6.07) is 0.871. The second-order valence-electron chi connectivity index (χ2n) is 4.36. The number of ether oxygens (including phenoxy) is 2. The highest BCUT2D eigenvalue weighted by Crippen LogP contribution is 2.33. The number of hydrogen-bond donors (Lipinski definition) is 1. The second-order valence-corrected chi connectivity index (χ2v) is 4.36. The lowest BCUT2D eigenvalue weighted by atomic mass is 10.2. The molecule has 0 spiro atoms. The van der Waals surface area contributed by atoms with E-state index in [1.165, 1.54) is 27.1 Å². The molecule has 1 fully saturated rings. The van der Waals surface area contributed by atoms with E-state index in [1.807, 2.05) is 0 Å². The lowest BCUT2D eigenvalue weighted by Gasteiger charge is -2.13. The van der Waals surface area contributed by atoms with E-state index in [0.717, 1.165) is 12.3 Å². The topological polar surface area (TPSA) is 69.2 Å². The molecule has 0 bridgehead atoms. The van der Waals surface area contributed by atoms with Gasteiger partial charge in [-0.3, -0.25) is 0 Å². The molecule has 1 heterocycles. The van der Waals surface area contributed by atoms with Crippen LogP contribution in [-0.4, -0.2) is 35.2 Å². The summed E-state index contributed by atoms with van der Waals surface area (Å²) < 4.78 is 9.98. The number of anilines is 1. The molecular formula is C11H18N4O2. The van der Waals surface area contributed by atoms with E-state index >= 15 is 0 Å². The van der Waals surface area contributed by atoms with E-state index in [2.05, 4.69) is 27.2 Å². The maximum atomic E-state index is 4.99. The minimum absolute atomic E-state index is 0.262. The van der Waals surface area contributed by atoms with Crippen molar-refractivity contribution in [2.75, 3.05) is 19.5 Å². The van der Waals surface area contributed by atoms with E-state index in [-0.39, 0.29) is 12.0 Å². The van der Waals surface area contributed by atoms with Crippen molar-refractivity contribution in [3.8, 4) is 12.0 Å². The zero-order valence-electron chi connectivity index (χ0n) is 10.4. The van der Waals surface area contributed by atoms with Crippen molar-refractivity contribution >= 4 is 5.95 Å². The Bertz CT molecular complexity index is 359. The number of nitrogens with zero attached hydrogens (tertiary/aromatic N) is 3. The molecule has 1 atom stereocenters. The molecule has 0 aromatic carbocycles. The number of nitrogens with one attached hydrogen (secondary N) is 1. The first kappa shape index (κ1) is 11.9. The van der Waals surface area contributed by atoms with Crippen LogP contribution in [0.5, 0.6) is 12.0 Å². The van der Waals surface area contributed by atoms with E-state index in [0.29, 0.717) is 12.0 Å². The fourth-order valence-electron chi connectivity index (χ4n) is 1.72. The Labute approximate surface area is 101 Å². The van der Waals surface area contributed by atoms with Gasteiger partial charge in [-0.15, -0.1) is 4.98 Å². The molecule has 1 aliphatic carbocycles. The summed E-state index contributed by atoms with van der Waals surface area (Å²) in [5.74, 6) is 1.37. The summed E-state index contributed by atoms with van der Waals surface area (Å²) in [5, 5.41) is 3.24. The Morgan fingerprint density at radius 2 is 1.76 bits per heavy atom. The van der Waals surface area contributed by atoms with E-state index < -0.39 is 0 Å². The monoisotopic (exact) mass is 238 g/mol. The number of aromatic nitrogens is 3. The fraction of sp³-hybridized carbons (Fsp3) is 0.727. The van der Waals surface area contributed by atoms with Crippen LogP contribution in [0.4, 0.5) is 5.95 Å². The lowest BCUT2D eigenvalue weighted by molar-refractivity contribution is 0.341. The van der Waals surface area contributed by atoms with Gasteiger partial charge in [-0.1, -0.05) is 12.8 Å². The molecule has 0 radical (unpaired) electrons. The zero-order chi connectivity index (χ0) is 12.3. The normalized spacial score (nSPS) is 16.4. The van der Waals surface area contributed by atoms with Gasteiger partial charge < -0.3 is 14.8 Å². The average Bonchev–Trinajstić information content (AvgIpc) is 3.12. The number of methoxy groups -OCH3 is 2. The molecule has 2 rings (SSSR count). The van der Waals surface area contributed by atoms with Gasteiger partial charge in [-0.25, -0.2) is 0 Å². The van der Waals surface area contributed by atoms with Crippen LogP contribution in [0.2, 0.25) is 0 Å². The van der Waals surface area contributed by atoms with Crippen molar-refractivity contribution in [1.29, 1.82) is 0 Å². The highest BCUT2D eigenvalue weighted by molar-refractivity contribution is 5.28. The van der Waals surface area contributed by atoms with Crippen LogP contribution in [0.15, 0.2) is 0 Å². The largest absolute Gasteiger partial charge is 0.467 e. The summed E-state index contributed by atoms with van der Waals surface area (Å²) in [4.78, 5) is 12.2. The van der Waals surface area contributed by atoms with Crippen LogP contribution in [0, 0.1) is 5.92 Å². The summed E-state index contributed by atoms with van der Waals surface area (Å²) in [6.07, 6.45) is 3.84. The molecule has 6 nitrogen and oxygen atoms in total. The van der Waals surface area contributed by atoms with Gasteiger partial charge in [-0.2, -0.15) is 9.97 Å². The van der Waals surface area contributed by atoms with Crippen LogP contribution in [0.1, 0.15) is 26.2 Å². The van der Waals surface area contributed by atoms with E-state index in [4.69, 9.17) is 9.47 Å². The summed E-state index contributed by atoms with van der Waals surface area (Å²) >= 11 is 0. The summed E-state index contributed by atoms with van der Waals surface area (Å²) in [6.45, 7) is 2.13. The van der Waals surface area contributed by atoms with Crippen LogP contribution < -0.4 is 14.8 Å². The number of rotatable bonds is 6. The molecule has 1 unspecified atom stereocenters. The lowest BCUT2D eigenvalue weighted by Crippen LogP contribution is -2.18. The van der Waals surface area contributed by atoms with Crippen molar-refractivity contribution in [3.05, 3.63) is 0 Å². The molecule has 1 aliphatic rings. The predicted molar refractivity (Wildman–Crippen MR) is 63.4 cm³/mol.